The number of aromatic nitrogens is 1. The van der Waals surface area contributed by atoms with E-state index in [2.05, 4.69) is 15.6 Å². The molecule has 0 radical (unpaired) electrons. The van der Waals surface area contributed by atoms with E-state index in [-0.39, 0.29) is 23.5 Å². The first kappa shape index (κ1) is 20.9. The van der Waals surface area contributed by atoms with Crippen LogP contribution in [-0.2, 0) is 9.59 Å². The Kier molecular flexibility index (Phi) is 7.76. The van der Waals surface area contributed by atoms with Crippen molar-refractivity contribution in [3.8, 4) is 0 Å². The minimum atomic E-state index is -0.0747. The second-order valence-corrected chi connectivity index (χ2v) is 7.50. The molecule has 1 atom stereocenters. The molecule has 2 heterocycles. The summed E-state index contributed by atoms with van der Waals surface area (Å²) in [6, 6.07) is 3.50. The zero-order valence-corrected chi connectivity index (χ0v) is 16.5. The van der Waals surface area contributed by atoms with Gasteiger partial charge in [-0.1, -0.05) is 13.8 Å². The fraction of sp³-hybridized carbons (Fsp3) is 0.600. The van der Waals surface area contributed by atoms with Gasteiger partial charge in [0.05, 0.1) is 5.56 Å². The van der Waals surface area contributed by atoms with E-state index >= 15 is 0 Å². The van der Waals surface area contributed by atoms with E-state index in [1.54, 1.807) is 23.2 Å². The average Bonchev–Trinajstić information content (AvgIpc) is 2.64. The SMILES string of the molecule is CC(=O)NCCNc1ccc(C(=O)N2CCC[C@H](C(=O)CC(C)C)C2)cn1. The van der Waals surface area contributed by atoms with E-state index in [9.17, 15) is 14.4 Å². The van der Waals surface area contributed by atoms with Gasteiger partial charge in [0, 0.05) is 51.6 Å². The normalized spacial score (nSPS) is 16.9. The van der Waals surface area contributed by atoms with Crippen LogP contribution in [0.4, 0.5) is 5.82 Å². The number of hydrogen-bond donors (Lipinski definition) is 2. The Morgan fingerprint density at radius 3 is 2.67 bits per heavy atom. The number of rotatable bonds is 8. The van der Waals surface area contributed by atoms with E-state index in [0.29, 0.717) is 49.9 Å². The maximum Gasteiger partial charge on any atom is 0.255 e. The van der Waals surface area contributed by atoms with Crippen molar-refractivity contribution in [3.63, 3.8) is 0 Å². The Labute approximate surface area is 160 Å². The Hall–Kier alpha value is -2.44. The second kappa shape index (κ2) is 10.0. The van der Waals surface area contributed by atoms with Crippen molar-refractivity contribution >= 4 is 23.4 Å². The zero-order chi connectivity index (χ0) is 19.8. The third-order valence-corrected chi connectivity index (χ3v) is 4.59. The highest BCUT2D eigenvalue weighted by Gasteiger charge is 2.29. The van der Waals surface area contributed by atoms with E-state index in [1.807, 2.05) is 13.8 Å². The molecule has 0 unspecified atom stereocenters. The van der Waals surface area contributed by atoms with Crippen LogP contribution in [0, 0.1) is 11.8 Å². The molecule has 2 N–H and O–H groups in total. The van der Waals surface area contributed by atoms with E-state index in [1.165, 1.54) is 6.92 Å². The van der Waals surface area contributed by atoms with E-state index in [4.69, 9.17) is 0 Å². The van der Waals surface area contributed by atoms with E-state index < -0.39 is 0 Å². The summed E-state index contributed by atoms with van der Waals surface area (Å²) in [6.07, 6.45) is 3.86. The summed E-state index contributed by atoms with van der Waals surface area (Å²) in [4.78, 5) is 41.9. The average molecular weight is 374 g/mol. The molecule has 1 aliphatic rings. The molecule has 148 valence electrons. The van der Waals surface area contributed by atoms with Gasteiger partial charge in [-0.2, -0.15) is 0 Å². The minimum absolute atomic E-state index is 0.0484. The standard InChI is InChI=1S/C20H30N4O3/c1-14(2)11-18(26)17-5-4-10-24(13-17)20(27)16-6-7-19(23-12-16)22-9-8-21-15(3)25/h6-7,12,14,17H,4-5,8-11,13H2,1-3H3,(H,21,25)(H,22,23)/t17-/m0/s1. The molecular weight excluding hydrogens is 344 g/mol. The molecule has 0 saturated carbocycles. The van der Waals surface area contributed by atoms with Crippen molar-refractivity contribution in [2.45, 2.75) is 40.0 Å². The summed E-state index contributed by atoms with van der Waals surface area (Å²) in [6.45, 7) is 7.81. The smallest absolute Gasteiger partial charge is 0.255 e. The van der Waals surface area contributed by atoms with Crippen LogP contribution in [0.25, 0.3) is 0 Å². The van der Waals surface area contributed by atoms with Crippen LogP contribution in [0.5, 0.6) is 0 Å². The van der Waals surface area contributed by atoms with Gasteiger partial charge in [-0.05, 0) is 30.9 Å². The van der Waals surface area contributed by atoms with Crippen LogP contribution in [-0.4, -0.2) is 53.7 Å². The molecule has 1 fully saturated rings. The van der Waals surface area contributed by atoms with Crippen LogP contribution >= 0.6 is 0 Å². The summed E-state index contributed by atoms with van der Waals surface area (Å²) in [5, 5.41) is 5.79. The fourth-order valence-corrected chi connectivity index (χ4v) is 3.23. The van der Waals surface area contributed by atoms with Crippen molar-refractivity contribution in [2.24, 2.45) is 11.8 Å². The molecule has 2 rings (SSSR count). The zero-order valence-electron chi connectivity index (χ0n) is 16.5. The lowest BCUT2D eigenvalue weighted by Crippen LogP contribution is -2.42. The minimum Gasteiger partial charge on any atom is -0.368 e. The van der Waals surface area contributed by atoms with Crippen LogP contribution in [0.15, 0.2) is 18.3 Å². The second-order valence-electron chi connectivity index (χ2n) is 7.50. The molecule has 0 bridgehead atoms. The largest absolute Gasteiger partial charge is 0.368 e. The van der Waals surface area contributed by atoms with Gasteiger partial charge in [-0.25, -0.2) is 4.98 Å². The summed E-state index contributed by atoms with van der Waals surface area (Å²) in [5.41, 5.74) is 0.527. The molecule has 1 aromatic rings. The highest BCUT2D eigenvalue weighted by molar-refractivity contribution is 5.94. The van der Waals surface area contributed by atoms with Gasteiger partial charge in [0.1, 0.15) is 11.6 Å². The number of piperidine rings is 1. The van der Waals surface area contributed by atoms with Gasteiger partial charge < -0.3 is 15.5 Å². The predicted octanol–water partition coefficient (Wildman–Crippen LogP) is 2.10. The Balaban J connectivity index is 1.88. The molecular formula is C20H30N4O3. The number of nitrogens with one attached hydrogen (secondary N) is 2. The van der Waals surface area contributed by atoms with Gasteiger partial charge in [0.15, 0.2) is 0 Å². The first-order valence-electron chi connectivity index (χ1n) is 9.63. The maximum absolute atomic E-state index is 12.7. The Morgan fingerprint density at radius 2 is 2.04 bits per heavy atom. The number of likely N-dealkylation sites (tertiary alicyclic amines) is 1. The quantitative estimate of drug-likeness (QED) is 0.680. The number of amides is 2. The number of ketones is 1. The van der Waals surface area contributed by atoms with Crippen molar-refractivity contribution in [3.05, 3.63) is 23.9 Å². The van der Waals surface area contributed by atoms with Crippen LogP contribution in [0.2, 0.25) is 0 Å². The van der Waals surface area contributed by atoms with Crippen molar-refractivity contribution in [1.82, 2.24) is 15.2 Å². The topological polar surface area (TPSA) is 91.4 Å². The molecule has 0 aliphatic carbocycles. The van der Waals surface area contributed by atoms with Crippen molar-refractivity contribution in [1.29, 1.82) is 0 Å². The molecule has 1 saturated heterocycles. The Morgan fingerprint density at radius 1 is 1.26 bits per heavy atom. The summed E-state index contributed by atoms with van der Waals surface area (Å²) in [5.74, 6) is 1.07. The molecule has 0 spiro atoms. The third-order valence-electron chi connectivity index (χ3n) is 4.59. The summed E-state index contributed by atoms with van der Waals surface area (Å²) < 4.78 is 0. The van der Waals surface area contributed by atoms with Crippen LogP contribution in [0.3, 0.4) is 0 Å². The molecule has 1 aliphatic heterocycles. The summed E-state index contributed by atoms with van der Waals surface area (Å²) >= 11 is 0. The van der Waals surface area contributed by atoms with Crippen LogP contribution < -0.4 is 10.6 Å². The molecule has 1 aromatic heterocycles. The number of carbonyl (C=O) groups excluding carboxylic acids is 3. The van der Waals surface area contributed by atoms with Crippen molar-refractivity contribution < 1.29 is 14.4 Å². The fourth-order valence-electron chi connectivity index (χ4n) is 3.23. The number of Topliss-reactive ketones (excluding diaryl/α,β-unsaturated/α-hetero) is 1. The molecule has 7 heteroatoms. The number of nitrogens with zero attached hydrogens (tertiary/aromatic N) is 2. The molecule has 0 aromatic carbocycles. The lowest BCUT2D eigenvalue weighted by molar-refractivity contribution is -0.125. The maximum atomic E-state index is 12.7. The van der Waals surface area contributed by atoms with Gasteiger partial charge in [0.2, 0.25) is 5.91 Å². The monoisotopic (exact) mass is 374 g/mol. The molecule has 27 heavy (non-hydrogen) atoms. The molecule has 2 amide bonds. The van der Waals surface area contributed by atoms with Gasteiger partial charge >= 0.3 is 0 Å². The highest BCUT2D eigenvalue weighted by atomic mass is 16.2. The number of anilines is 1. The van der Waals surface area contributed by atoms with Gasteiger partial charge in [-0.3, -0.25) is 14.4 Å². The van der Waals surface area contributed by atoms with Crippen molar-refractivity contribution in [2.75, 3.05) is 31.5 Å². The molecule has 7 nitrogen and oxygen atoms in total. The third kappa shape index (κ3) is 6.66. The van der Waals surface area contributed by atoms with Gasteiger partial charge in [-0.15, -0.1) is 0 Å². The summed E-state index contributed by atoms with van der Waals surface area (Å²) in [7, 11) is 0. The highest BCUT2D eigenvalue weighted by Crippen LogP contribution is 2.22. The number of carbonyl (C=O) groups is 3. The van der Waals surface area contributed by atoms with Crippen LogP contribution in [0.1, 0.15) is 50.4 Å². The lowest BCUT2D eigenvalue weighted by atomic mass is 9.89. The first-order valence-corrected chi connectivity index (χ1v) is 9.63. The number of hydrogen-bond acceptors (Lipinski definition) is 5. The first-order chi connectivity index (χ1) is 12.9. The van der Waals surface area contributed by atoms with Gasteiger partial charge in [0.25, 0.3) is 5.91 Å². The van der Waals surface area contributed by atoms with E-state index in [0.717, 1.165) is 12.8 Å². The predicted molar refractivity (Wildman–Crippen MR) is 104 cm³/mol. The Bertz CT molecular complexity index is 658. The lowest BCUT2D eigenvalue weighted by Gasteiger charge is -2.32. The number of pyridine rings is 1.